The summed E-state index contributed by atoms with van der Waals surface area (Å²) in [4.78, 5) is 8.89. The maximum Gasteiger partial charge on any atom is 0.128 e. The van der Waals surface area contributed by atoms with Gasteiger partial charge in [-0.25, -0.2) is 9.97 Å². The number of hydrogen-bond donors (Lipinski definition) is 1. The Morgan fingerprint density at radius 2 is 1.83 bits per heavy atom. The largest absolute Gasteiger partial charge is 0.378 e. The molecular formula is C15H19N3. The van der Waals surface area contributed by atoms with Gasteiger partial charge in [0, 0.05) is 13.0 Å². The lowest BCUT2D eigenvalue weighted by molar-refractivity contribution is 0.885. The van der Waals surface area contributed by atoms with Crippen LogP contribution in [0.15, 0.2) is 36.5 Å². The first-order chi connectivity index (χ1) is 8.83. The van der Waals surface area contributed by atoms with Crippen molar-refractivity contribution in [2.45, 2.75) is 33.2 Å². The van der Waals surface area contributed by atoms with Crippen molar-refractivity contribution in [2.24, 2.45) is 0 Å². The fourth-order valence-corrected chi connectivity index (χ4v) is 1.84. The van der Waals surface area contributed by atoms with E-state index < -0.39 is 0 Å². The Hall–Kier alpha value is -1.90. The van der Waals surface area contributed by atoms with E-state index in [0.717, 1.165) is 36.6 Å². The first-order valence-corrected chi connectivity index (χ1v) is 6.46. The standard InChI is InChI=1S/C15H19N3/c1-3-13-14(11-17-15(4-2)18-13)16-10-12-8-6-5-7-9-12/h5-9,11,16H,3-4,10H2,1-2H3. The van der Waals surface area contributed by atoms with Crippen LogP contribution < -0.4 is 5.32 Å². The summed E-state index contributed by atoms with van der Waals surface area (Å²) in [5.74, 6) is 0.914. The minimum absolute atomic E-state index is 0.808. The van der Waals surface area contributed by atoms with Crippen molar-refractivity contribution in [3.8, 4) is 0 Å². The second-order valence-corrected chi connectivity index (χ2v) is 4.19. The molecule has 2 aromatic rings. The predicted molar refractivity (Wildman–Crippen MR) is 74.6 cm³/mol. The monoisotopic (exact) mass is 241 g/mol. The molecule has 0 spiro atoms. The molecule has 2 rings (SSSR count). The average molecular weight is 241 g/mol. The molecule has 0 aliphatic rings. The lowest BCUT2D eigenvalue weighted by Gasteiger charge is -2.10. The van der Waals surface area contributed by atoms with Gasteiger partial charge in [-0.1, -0.05) is 44.2 Å². The van der Waals surface area contributed by atoms with E-state index in [0.29, 0.717) is 0 Å². The summed E-state index contributed by atoms with van der Waals surface area (Å²) in [6.45, 7) is 5.00. The zero-order valence-electron chi connectivity index (χ0n) is 11.0. The Bertz CT molecular complexity index is 494. The Kier molecular flexibility index (Phi) is 4.29. The van der Waals surface area contributed by atoms with Gasteiger partial charge in [-0.05, 0) is 12.0 Å². The van der Waals surface area contributed by atoms with E-state index in [1.807, 2.05) is 12.3 Å². The molecule has 0 saturated carbocycles. The van der Waals surface area contributed by atoms with Gasteiger partial charge in [0.25, 0.3) is 0 Å². The summed E-state index contributed by atoms with van der Waals surface area (Å²) in [6, 6.07) is 10.3. The predicted octanol–water partition coefficient (Wildman–Crippen LogP) is 3.21. The number of hydrogen-bond acceptors (Lipinski definition) is 3. The van der Waals surface area contributed by atoms with Crippen LogP contribution in [-0.4, -0.2) is 9.97 Å². The van der Waals surface area contributed by atoms with Gasteiger partial charge in [0.2, 0.25) is 0 Å². The molecule has 0 radical (unpaired) electrons. The molecular weight excluding hydrogens is 222 g/mol. The summed E-state index contributed by atoms with van der Waals surface area (Å²) in [5.41, 5.74) is 3.40. The lowest BCUT2D eigenvalue weighted by Crippen LogP contribution is -2.06. The quantitative estimate of drug-likeness (QED) is 0.873. The summed E-state index contributed by atoms with van der Waals surface area (Å²) in [5, 5.41) is 3.41. The SMILES string of the molecule is CCc1ncc(NCc2ccccc2)c(CC)n1. The number of nitrogens with zero attached hydrogens (tertiary/aromatic N) is 2. The second-order valence-electron chi connectivity index (χ2n) is 4.19. The fraction of sp³-hybridized carbons (Fsp3) is 0.333. The fourth-order valence-electron chi connectivity index (χ4n) is 1.84. The normalized spacial score (nSPS) is 10.3. The average Bonchev–Trinajstić information content (AvgIpc) is 2.46. The summed E-state index contributed by atoms with van der Waals surface area (Å²) in [6.07, 6.45) is 3.70. The molecule has 1 N–H and O–H groups in total. The summed E-state index contributed by atoms with van der Waals surface area (Å²) in [7, 11) is 0. The van der Waals surface area contributed by atoms with E-state index in [4.69, 9.17) is 0 Å². The maximum atomic E-state index is 4.55. The first kappa shape index (κ1) is 12.6. The molecule has 0 atom stereocenters. The van der Waals surface area contributed by atoms with Crippen LogP contribution >= 0.6 is 0 Å². The van der Waals surface area contributed by atoms with E-state index in [1.54, 1.807) is 0 Å². The molecule has 1 aromatic heterocycles. The molecule has 0 unspecified atom stereocenters. The third kappa shape index (κ3) is 3.06. The summed E-state index contributed by atoms with van der Waals surface area (Å²) >= 11 is 0. The zero-order valence-corrected chi connectivity index (χ0v) is 11.0. The van der Waals surface area contributed by atoms with Gasteiger partial charge in [0.05, 0.1) is 17.6 Å². The van der Waals surface area contributed by atoms with Crippen molar-refractivity contribution in [3.05, 3.63) is 53.6 Å². The maximum absolute atomic E-state index is 4.55. The Morgan fingerprint density at radius 3 is 2.50 bits per heavy atom. The van der Waals surface area contributed by atoms with Crippen LogP contribution in [0.5, 0.6) is 0 Å². The highest BCUT2D eigenvalue weighted by atomic mass is 15.0. The summed E-state index contributed by atoms with van der Waals surface area (Å²) < 4.78 is 0. The van der Waals surface area contributed by atoms with Crippen LogP contribution in [0, 0.1) is 0 Å². The van der Waals surface area contributed by atoms with E-state index >= 15 is 0 Å². The topological polar surface area (TPSA) is 37.8 Å². The molecule has 94 valence electrons. The van der Waals surface area contributed by atoms with E-state index in [9.17, 15) is 0 Å². The van der Waals surface area contributed by atoms with Gasteiger partial charge in [0.1, 0.15) is 5.82 Å². The third-order valence-electron chi connectivity index (χ3n) is 2.89. The van der Waals surface area contributed by atoms with Crippen LogP contribution in [0.3, 0.4) is 0 Å². The number of anilines is 1. The van der Waals surface area contributed by atoms with Crippen LogP contribution in [-0.2, 0) is 19.4 Å². The van der Waals surface area contributed by atoms with Crippen molar-refractivity contribution in [1.29, 1.82) is 0 Å². The number of aromatic nitrogens is 2. The third-order valence-corrected chi connectivity index (χ3v) is 2.89. The Labute approximate surface area is 108 Å². The molecule has 3 nitrogen and oxygen atoms in total. The molecule has 1 aromatic carbocycles. The Balaban J connectivity index is 2.09. The van der Waals surface area contributed by atoms with Crippen molar-refractivity contribution in [1.82, 2.24) is 9.97 Å². The lowest BCUT2D eigenvalue weighted by atomic mass is 10.2. The highest BCUT2D eigenvalue weighted by Gasteiger charge is 2.04. The van der Waals surface area contributed by atoms with E-state index in [2.05, 4.69) is 53.4 Å². The van der Waals surface area contributed by atoms with Gasteiger partial charge in [-0.3, -0.25) is 0 Å². The molecule has 0 bridgehead atoms. The Morgan fingerprint density at radius 1 is 1.06 bits per heavy atom. The highest BCUT2D eigenvalue weighted by Crippen LogP contribution is 2.14. The molecule has 18 heavy (non-hydrogen) atoms. The zero-order chi connectivity index (χ0) is 12.8. The van der Waals surface area contributed by atoms with E-state index in [-0.39, 0.29) is 0 Å². The minimum atomic E-state index is 0.808. The molecule has 3 heteroatoms. The molecule has 1 heterocycles. The smallest absolute Gasteiger partial charge is 0.128 e. The number of aryl methyl sites for hydroxylation is 2. The molecule has 0 fully saturated rings. The van der Waals surface area contributed by atoms with Crippen LogP contribution in [0.4, 0.5) is 5.69 Å². The van der Waals surface area contributed by atoms with E-state index in [1.165, 1.54) is 5.56 Å². The molecule has 0 saturated heterocycles. The van der Waals surface area contributed by atoms with Crippen molar-refractivity contribution < 1.29 is 0 Å². The molecule has 0 amide bonds. The van der Waals surface area contributed by atoms with Gasteiger partial charge < -0.3 is 5.32 Å². The van der Waals surface area contributed by atoms with Gasteiger partial charge in [-0.2, -0.15) is 0 Å². The van der Waals surface area contributed by atoms with Crippen LogP contribution in [0.1, 0.15) is 30.9 Å². The van der Waals surface area contributed by atoms with Gasteiger partial charge >= 0.3 is 0 Å². The number of nitrogens with one attached hydrogen (secondary N) is 1. The minimum Gasteiger partial charge on any atom is -0.378 e. The van der Waals surface area contributed by atoms with Crippen molar-refractivity contribution in [2.75, 3.05) is 5.32 Å². The molecule has 0 aliphatic heterocycles. The highest BCUT2D eigenvalue weighted by molar-refractivity contribution is 5.46. The number of rotatable bonds is 5. The first-order valence-electron chi connectivity index (χ1n) is 6.46. The number of benzene rings is 1. The van der Waals surface area contributed by atoms with Crippen LogP contribution in [0.2, 0.25) is 0 Å². The van der Waals surface area contributed by atoms with Gasteiger partial charge in [0.15, 0.2) is 0 Å². The van der Waals surface area contributed by atoms with Crippen LogP contribution in [0.25, 0.3) is 0 Å². The van der Waals surface area contributed by atoms with Crippen molar-refractivity contribution in [3.63, 3.8) is 0 Å². The molecule has 0 aliphatic carbocycles. The van der Waals surface area contributed by atoms with Gasteiger partial charge in [-0.15, -0.1) is 0 Å². The van der Waals surface area contributed by atoms with Crippen molar-refractivity contribution >= 4 is 5.69 Å². The second kappa shape index (κ2) is 6.15.